The van der Waals surface area contributed by atoms with Crippen LogP contribution in [-0.2, 0) is 0 Å². The predicted octanol–water partition coefficient (Wildman–Crippen LogP) is 3.37. The first-order chi connectivity index (χ1) is 8.93. The van der Waals surface area contributed by atoms with E-state index in [9.17, 15) is 0 Å². The summed E-state index contributed by atoms with van der Waals surface area (Å²) in [7, 11) is 0. The van der Waals surface area contributed by atoms with Crippen LogP contribution >= 0.6 is 0 Å². The van der Waals surface area contributed by atoms with Gasteiger partial charge >= 0.3 is 0 Å². The number of rotatable bonds is 0. The molecular weight excluding hydrogens is 218 g/mol. The van der Waals surface area contributed by atoms with Crippen molar-refractivity contribution in [3.05, 3.63) is 72.0 Å². The first-order valence-electron chi connectivity index (χ1n) is 6.82. The Kier molecular flexibility index (Phi) is 2.19. The lowest BCUT2D eigenvalue weighted by Crippen LogP contribution is -2.45. The summed E-state index contributed by atoms with van der Waals surface area (Å²) in [5.41, 5.74) is 2.93. The second kappa shape index (κ2) is 3.88. The third kappa shape index (κ3) is 1.40. The third-order valence-corrected chi connectivity index (χ3v) is 4.44. The molecule has 1 fully saturated rings. The van der Waals surface area contributed by atoms with Crippen LogP contribution in [0.5, 0.6) is 0 Å². The second-order valence-electron chi connectivity index (χ2n) is 5.39. The van der Waals surface area contributed by atoms with Gasteiger partial charge in [0, 0.05) is 18.2 Å². The summed E-state index contributed by atoms with van der Waals surface area (Å²) in [6.07, 6.45) is 23.9. The molecule has 0 N–H and O–H groups in total. The van der Waals surface area contributed by atoms with Gasteiger partial charge in [0.2, 0.25) is 0 Å². The first kappa shape index (κ1) is 10.2. The molecule has 0 radical (unpaired) electrons. The van der Waals surface area contributed by atoms with Crippen molar-refractivity contribution in [2.45, 2.75) is 12.5 Å². The lowest BCUT2D eigenvalue weighted by molar-refractivity contribution is 0.209. The van der Waals surface area contributed by atoms with Crippen LogP contribution in [-0.4, -0.2) is 17.5 Å². The van der Waals surface area contributed by atoms with Gasteiger partial charge in [0.05, 0.1) is 6.04 Å². The Labute approximate surface area is 108 Å². The highest BCUT2D eigenvalue weighted by Gasteiger charge is 2.35. The summed E-state index contributed by atoms with van der Waals surface area (Å²) in [5, 5.41) is 0. The third-order valence-electron chi connectivity index (χ3n) is 4.44. The fourth-order valence-electron chi connectivity index (χ4n) is 3.53. The Bertz CT molecular complexity index is 542. The highest BCUT2D eigenvalue weighted by Crippen LogP contribution is 2.40. The Morgan fingerprint density at radius 1 is 0.944 bits per heavy atom. The lowest BCUT2D eigenvalue weighted by atomic mass is 9.77. The van der Waals surface area contributed by atoms with Crippen molar-refractivity contribution in [2.75, 3.05) is 6.54 Å². The Morgan fingerprint density at radius 2 is 1.83 bits per heavy atom. The molecule has 1 nitrogen and oxygen atoms in total. The first-order valence-corrected chi connectivity index (χ1v) is 6.82. The number of hydrogen-bond donors (Lipinski definition) is 0. The minimum Gasteiger partial charge on any atom is -0.364 e. The van der Waals surface area contributed by atoms with Crippen LogP contribution in [0.4, 0.5) is 0 Å². The fraction of sp³-hybridized carbons (Fsp3) is 0.294. The molecule has 18 heavy (non-hydrogen) atoms. The Hall–Kier alpha value is -1.76. The molecule has 0 aromatic rings. The van der Waals surface area contributed by atoms with Crippen molar-refractivity contribution in [3.8, 4) is 0 Å². The van der Waals surface area contributed by atoms with Gasteiger partial charge in [-0.2, -0.15) is 0 Å². The lowest BCUT2D eigenvalue weighted by Gasteiger charge is -2.46. The summed E-state index contributed by atoms with van der Waals surface area (Å²) in [5.74, 6) is 1.29. The van der Waals surface area contributed by atoms with Crippen molar-refractivity contribution in [2.24, 2.45) is 11.8 Å². The quantitative estimate of drug-likeness (QED) is 0.622. The average molecular weight is 235 g/mol. The molecule has 0 amide bonds. The van der Waals surface area contributed by atoms with E-state index in [2.05, 4.69) is 65.7 Å². The van der Waals surface area contributed by atoms with E-state index in [4.69, 9.17) is 0 Å². The van der Waals surface area contributed by atoms with E-state index in [1.165, 1.54) is 24.2 Å². The molecule has 0 bridgehead atoms. The normalized spacial score (nSPS) is 35.6. The van der Waals surface area contributed by atoms with Gasteiger partial charge in [-0.25, -0.2) is 0 Å². The van der Waals surface area contributed by atoms with E-state index in [0.29, 0.717) is 17.9 Å². The highest BCUT2D eigenvalue weighted by molar-refractivity contribution is 5.45. The van der Waals surface area contributed by atoms with Crippen LogP contribution in [0.15, 0.2) is 72.0 Å². The summed E-state index contributed by atoms with van der Waals surface area (Å²) in [6.45, 7) is 1.17. The van der Waals surface area contributed by atoms with Crippen LogP contribution < -0.4 is 0 Å². The van der Waals surface area contributed by atoms with E-state index < -0.39 is 0 Å². The van der Waals surface area contributed by atoms with Gasteiger partial charge in [-0.1, -0.05) is 54.7 Å². The van der Waals surface area contributed by atoms with Gasteiger partial charge in [-0.3, -0.25) is 0 Å². The molecule has 2 aliphatic carbocycles. The molecule has 0 saturated carbocycles. The fourth-order valence-corrected chi connectivity index (χ4v) is 3.53. The van der Waals surface area contributed by atoms with Crippen molar-refractivity contribution < 1.29 is 0 Å². The minimum absolute atomic E-state index is 0.468. The number of piperidine rings is 1. The molecule has 3 unspecified atom stereocenters. The number of fused-ring (bicyclic) bond motifs is 5. The molecule has 2 aliphatic heterocycles. The molecule has 4 rings (SSSR count). The van der Waals surface area contributed by atoms with Gasteiger partial charge in [0.15, 0.2) is 0 Å². The minimum atomic E-state index is 0.468. The van der Waals surface area contributed by atoms with E-state index >= 15 is 0 Å². The van der Waals surface area contributed by atoms with Crippen LogP contribution in [0.25, 0.3) is 0 Å². The van der Waals surface area contributed by atoms with Crippen LogP contribution in [0.1, 0.15) is 6.42 Å². The van der Waals surface area contributed by atoms with Crippen LogP contribution in [0.2, 0.25) is 0 Å². The van der Waals surface area contributed by atoms with Crippen molar-refractivity contribution in [1.82, 2.24) is 4.90 Å². The second-order valence-corrected chi connectivity index (χ2v) is 5.39. The molecule has 2 heterocycles. The SMILES string of the molecule is C1=CC2=CC=C3C4C=CC=CC4CCN3C2C=C1. The van der Waals surface area contributed by atoms with Gasteiger partial charge in [-0.15, -0.1) is 0 Å². The average Bonchev–Trinajstić information content (AvgIpc) is 2.46. The zero-order chi connectivity index (χ0) is 11.9. The molecule has 0 aromatic carbocycles. The monoisotopic (exact) mass is 235 g/mol. The van der Waals surface area contributed by atoms with Gasteiger partial charge < -0.3 is 4.90 Å². The molecule has 1 saturated heterocycles. The largest absolute Gasteiger partial charge is 0.364 e. The summed E-state index contributed by atoms with van der Waals surface area (Å²) in [4.78, 5) is 2.58. The Morgan fingerprint density at radius 3 is 2.83 bits per heavy atom. The molecule has 1 heteroatoms. The van der Waals surface area contributed by atoms with E-state index in [0.717, 1.165) is 0 Å². The van der Waals surface area contributed by atoms with Crippen molar-refractivity contribution >= 4 is 0 Å². The number of hydrogen-bond acceptors (Lipinski definition) is 1. The molecule has 90 valence electrons. The smallest absolute Gasteiger partial charge is 0.0726 e. The highest BCUT2D eigenvalue weighted by atomic mass is 15.2. The molecular formula is C17H17N. The zero-order valence-corrected chi connectivity index (χ0v) is 10.4. The topological polar surface area (TPSA) is 3.24 Å². The number of nitrogens with zero attached hydrogens (tertiary/aromatic N) is 1. The van der Waals surface area contributed by atoms with Crippen molar-refractivity contribution in [1.29, 1.82) is 0 Å². The molecule has 3 atom stereocenters. The standard InChI is InChI=1S/C17H17N/c1-3-7-15-13(5-1)11-12-18-16-8-4-2-6-14(16)9-10-17(15)18/h1-10,13,15-16H,11-12H2. The van der Waals surface area contributed by atoms with Crippen LogP contribution in [0, 0.1) is 11.8 Å². The maximum Gasteiger partial charge on any atom is 0.0726 e. The summed E-state index contributed by atoms with van der Waals surface area (Å²) >= 11 is 0. The zero-order valence-electron chi connectivity index (χ0n) is 10.4. The van der Waals surface area contributed by atoms with Gasteiger partial charge in [-0.05, 0) is 24.0 Å². The molecule has 0 aromatic heterocycles. The Balaban J connectivity index is 1.75. The summed E-state index contributed by atoms with van der Waals surface area (Å²) in [6, 6.07) is 0.468. The maximum atomic E-state index is 2.58. The van der Waals surface area contributed by atoms with Gasteiger partial charge in [0.1, 0.15) is 0 Å². The predicted molar refractivity (Wildman–Crippen MR) is 74.8 cm³/mol. The number of allylic oxidation sites excluding steroid dienone is 8. The van der Waals surface area contributed by atoms with Crippen LogP contribution in [0.3, 0.4) is 0 Å². The van der Waals surface area contributed by atoms with Crippen molar-refractivity contribution in [3.63, 3.8) is 0 Å². The maximum absolute atomic E-state index is 2.58. The molecule has 0 spiro atoms. The summed E-state index contributed by atoms with van der Waals surface area (Å²) < 4.78 is 0. The molecule has 4 aliphatic rings. The van der Waals surface area contributed by atoms with Gasteiger partial charge in [0.25, 0.3) is 0 Å². The van der Waals surface area contributed by atoms with E-state index in [1.807, 2.05) is 0 Å². The van der Waals surface area contributed by atoms with E-state index in [-0.39, 0.29) is 0 Å². The van der Waals surface area contributed by atoms with E-state index in [1.54, 1.807) is 0 Å².